The third kappa shape index (κ3) is 5.19. The standard InChI is InChI=1S/C24H26N4O3/c1-15-10-16(2)12-21(11-15)28-17(3)13-19(18(28)4)14-25-27-24(30)23(29)26-20-6-8-22(31-5)9-7-20/h6-14H,1-5H3,(H,26,29)(H,27,30)/b25-14-. The largest absolute Gasteiger partial charge is 0.497 e. The van der Waals surface area contributed by atoms with Gasteiger partial charge in [0, 0.05) is 28.3 Å². The Kier molecular flexibility index (Phi) is 6.55. The van der Waals surface area contributed by atoms with Crippen LogP contribution in [-0.4, -0.2) is 29.7 Å². The SMILES string of the molecule is COc1ccc(NC(=O)C(=O)N/N=C\c2cc(C)n(-c3cc(C)cc(C)c3)c2C)cc1. The van der Waals surface area contributed by atoms with Gasteiger partial charge in [0.05, 0.1) is 13.3 Å². The first-order valence-electron chi connectivity index (χ1n) is 9.84. The fraction of sp³-hybridized carbons (Fsp3) is 0.208. The topological polar surface area (TPSA) is 84.7 Å². The van der Waals surface area contributed by atoms with Crippen molar-refractivity contribution >= 4 is 23.7 Å². The highest BCUT2D eigenvalue weighted by Crippen LogP contribution is 2.22. The summed E-state index contributed by atoms with van der Waals surface area (Å²) in [5.41, 5.74) is 9.11. The summed E-state index contributed by atoms with van der Waals surface area (Å²) in [5.74, 6) is -0.997. The molecule has 0 fully saturated rings. The van der Waals surface area contributed by atoms with Crippen LogP contribution in [0.5, 0.6) is 5.75 Å². The van der Waals surface area contributed by atoms with Crippen molar-refractivity contribution in [1.82, 2.24) is 9.99 Å². The molecule has 0 atom stereocenters. The Labute approximate surface area is 181 Å². The van der Waals surface area contributed by atoms with Crippen LogP contribution in [0.4, 0.5) is 5.69 Å². The maximum Gasteiger partial charge on any atom is 0.329 e. The highest BCUT2D eigenvalue weighted by atomic mass is 16.5. The van der Waals surface area contributed by atoms with Crippen LogP contribution in [0, 0.1) is 27.7 Å². The molecule has 2 aromatic carbocycles. The zero-order valence-electron chi connectivity index (χ0n) is 18.3. The average Bonchev–Trinajstić information content (AvgIpc) is 3.00. The second-order valence-corrected chi connectivity index (χ2v) is 7.39. The van der Waals surface area contributed by atoms with Gasteiger partial charge in [0.2, 0.25) is 0 Å². The van der Waals surface area contributed by atoms with Crippen molar-refractivity contribution in [2.24, 2.45) is 5.10 Å². The summed E-state index contributed by atoms with van der Waals surface area (Å²) in [6, 6.07) is 15.0. The maximum absolute atomic E-state index is 12.1. The summed E-state index contributed by atoms with van der Waals surface area (Å²) in [6.45, 7) is 8.15. The van der Waals surface area contributed by atoms with E-state index >= 15 is 0 Å². The monoisotopic (exact) mass is 418 g/mol. The Balaban J connectivity index is 1.67. The lowest BCUT2D eigenvalue weighted by molar-refractivity contribution is -0.136. The minimum atomic E-state index is -0.852. The van der Waals surface area contributed by atoms with Gasteiger partial charge in [-0.25, -0.2) is 5.43 Å². The smallest absolute Gasteiger partial charge is 0.329 e. The molecule has 7 nitrogen and oxygen atoms in total. The van der Waals surface area contributed by atoms with Crippen molar-refractivity contribution in [3.63, 3.8) is 0 Å². The number of ether oxygens (including phenoxy) is 1. The number of carbonyl (C=O) groups excluding carboxylic acids is 2. The number of aryl methyl sites for hydroxylation is 3. The van der Waals surface area contributed by atoms with E-state index in [4.69, 9.17) is 4.74 Å². The lowest BCUT2D eigenvalue weighted by Gasteiger charge is -2.11. The molecule has 0 saturated heterocycles. The molecule has 0 radical (unpaired) electrons. The van der Waals surface area contributed by atoms with Crippen LogP contribution in [-0.2, 0) is 9.59 Å². The molecule has 160 valence electrons. The number of hydrazone groups is 1. The first kappa shape index (κ1) is 21.8. The summed E-state index contributed by atoms with van der Waals surface area (Å²) in [5, 5.41) is 6.47. The van der Waals surface area contributed by atoms with Crippen LogP contribution in [0.1, 0.15) is 28.1 Å². The van der Waals surface area contributed by atoms with E-state index in [-0.39, 0.29) is 0 Å². The zero-order chi connectivity index (χ0) is 22.5. The summed E-state index contributed by atoms with van der Waals surface area (Å²) in [7, 11) is 1.55. The predicted octanol–water partition coefficient (Wildman–Crippen LogP) is 3.81. The van der Waals surface area contributed by atoms with Crippen molar-refractivity contribution in [2.45, 2.75) is 27.7 Å². The number of carbonyl (C=O) groups is 2. The van der Waals surface area contributed by atoms with Crippen LogP contribution in [0.2, 0.25) is 0 Å². The number of anilines is 1. The van der Waals surface area contributed by atoms with E-state index < -0.39 is 11.8 Å². The highest BCUT2D eigenvalue weighted by molar-refractivity contribution is 6.39. The molecule has 7 heteroatoms. The molecule has 0 bridgehead atoms. The predicted molar refractivity (Wildman–Crippen MR) is 122 cm³/mol. The molecule has 31 heavy (non-hydrogen) atoms. The first-order chi connectivity index (χ1) is 14.8. The number of nitrogens with zero attached hydrogens (tertiary/aromatic N) is 2. The Bertz CT molecular complexity index is 1120. The van der Waals surface area contributed by atoms with E-state index in [0.29, 0.717) is 11.4 Å². The second-order valence-electron chi connectivity index (χ2n) is 7.39. The first-order valence-corrected chi connectivity index (χ1v) is 9.84. The molecule has 0 unspecified atom stereocenters. The molecule has 0 aliphatic heterocycles. The number of hydrogen-bond acceptors (Lipinski definition) is 4. The molecule has 1 aromatic heterocycles. The second kappa shape index (κ2) is 9.30. The van der Waals surface area contributed by atoms with Gasteiger partial charge in [-0.05, 0) is 81.3 Å². The van der Waals surface area contributed by atoms with Crippen molar-refractivity contribution in [1.29, 1.82) is 0 Å². The van der Waals surface area contributed by atoms with Crippen LogP contribution in [0.15, 0.2) is 53.6 Å². The number of rotatable bonds is 5. The van der Waals surface area contributed by atoms with E-state index in [0.717, 1.165) is 22.6 Å². The van der Waals surface area contributed by atoms with Gasteiger partial charge in [-0.15, -0.1) is 0 Å². The number of aromatic nitrogens is 1. The number of hydrogen-bond donors (Lipinski definition) is 2. The van der Waals surface area contributed by atoms with Gasteiger partial charge < -0.3 is 14.6 Å². The van der Waals surface area contributed by atoms with Crippen molar-refractivity contribution in [3.05, 3.63) is 76.6 Å². The number of benzene rings is 2. The van der Waals surface area contributed by atoms with Gasteiger partial charge >= 0.3 is 11.8 Å². The molecule has 3 aromatic rings. The highest BCUT2D eigenvalue weighted by Gasteiger charge is 2.14. The Morgan fingerprint density at radius 3 is 2.19 bits per heavy atom. The van der Waals surface area contributed by atoms with Crippen molar-refractivity contribution < 1.29 is 14.3 Å². The number of nitrogens with one attached hydrogen (secondary N) is 2. The van der Waals surface area contributed by atoms with Crippen LogP contribution in [0.25, 0.3) is 5.69 Å². The van der Waals surface area contributed by atoms with Gasteiger partial charge in [0.15, 0.2) is 0 Å². The van der Waals surface area contributed by atoms with E-state index in [9.17, 15) is 9.59 Å². The van der Waals surface area contributed by atoms with E-state index in [1.54, 1.807) is 37.6 Å². The third-order valence-corrected chi connectivity index (χ3v) is 4.86. The molecule has 0 aliphatic rings. The lowest BCUT2D eigenvalue weighted by atomic mass is 10.1. The quantitative estimate of drug-likeness (QED) is 0.375. The number of amides is 2. The van der Waals surface area contributed by atoms with Crippen molar-refractivity contribution in [3.8, 4) is 11.4 Å². The van der Waals surface area contributed by atoms with Crippen molar-refractivity contribution in [2.75, 3.05) is 12.4 Å². The molecular formula is C24H26N4O3. The summed E-state index contributed by atoms with van der Waals surface area (Å²) >= 11 is 0. The number of methoxy groups -OCH3 is 1. The third-order valence-electron chi connectivity index (χ3n) is 4.86. The molecular weight excluding hydrogens is 392 g/mol. The maximum atomic E-state index is 12.1. The molecule has 0 saturated carbocycles. The summed E-state index contributed by atoms with van der Waals surface area (Å²) < 4.78 is 7.20. The molecule has 3 rings (SSSR count). The van der Waals surface area contributed by atoms with E-state index in [1.165, 1.54) is 11.1 Å². The molecule has 2 amide bonds. The summed E-state index contributed by atoms with van der Waals surface area (Å²) in [4.78, 5) is 24.1. The molecule has 2 N–H and O–H groups in total. The normalized spacial score (nSPS) is 10.9. The summed E-state index contributed by atoms with van der Waals surface area (Å²) in [6.07, 6.45) is 1.54. The van der Waals surface area contributed by atoms with Crippen LogP contribution in [0.3, 0.4) is 0 Å². The van der Waals surface area contributed by atoms with E-state index in [1.807, 2.05) is 19.9 Å². The minimum absolute atomic E-state index is 0.488. The Morgan fingerprint density at radius 2 is 1.58 bits per heavy atom. The molecule has 1 heterocycles. The van der Waals surface area contributed by atoms with Gasteiger partial charge in [-0.2, -0.15) is 5.10 Å². The van der Waals surface area contributed by atoms with Crippen LogP contribution >= 0.6 is 0 Å². The van der Waals surface area contributed by atoms with Gasteiger partial charge in [-0.1, -0.05) is 6.07 Å². The fourth-order valence-corrected chi connectivity index (χ4v) is 3.47. The fourth-order valence-electron chi connectivity index (χ4n) is 3.47. The Morgan fingerprint density at radius 1 is 0.935 bits per heavy atom. The Hall–Kier alpha value is -3.87. The van der Waals surface area contributed by atoms with Crippen LogP contribution < -0.4 is 15.5 Å². The van der Waals surface area contributed by atoms with Gasteiger partial charge in [-0.3, -0.25) is 9.59 Å². The van der Waals surface area contributed by atoms with Gasteiger partial charge in [0.1, 0.15) is 5.75 Å². The van der Waals surface area contributed by atoms with E-state index in [2.05, 4.69) is 52.5 Å². The van der Waals surface area contributed by atoms with Gasteiger partial charge in [0.25, 0.3) is 0 Å². The lowest BCUT2D eigenvalue weighted by Crippen LogP contribution is -2.32. The zero-order valence-corrected chi connectivity index (χ0v) is 18.3. The minimum Gasteiger partial charge on any atom is -0.497 e. The molecule has 0 spiro atoms. The average molecular weight is 418 g/mol. The molecule has 0 aliphatic carbocycles.